The summed E-state index contributed by atoms with van der Waals surface area (Å²) in [5, 5.41) is 13.5. The monoisotopic (exact) mass is 319 g/mol. The quantitative estimate of drug-likeness (QED) is 0.805. The normalized spacial score (nSPS) is 19.6. The van der Waals surface area contributed by atoms with Gasteiger partial charge in [0.2, 0.25) is 10.0 Å². The molecular weight excluding hydrogens is 298 g/mol. The first kappa shape index (κ1) is 15.8. The van der Waals surface area contributed by atoms with E-state index in [-0.39, 0.29) is 11.5 Å². The number of aliphatic hydroxyl groups excluding tert-OH is 1. The molecule has 2 heterocycles. The Morgan fingerprint density at radius 2 is 2.25 bits per heavy atom. The highest BCUT2D eigenvalue weighted by Gasteiger charge is 2.26. The molecular formula is C12H21N3O3S2. The molecule has 0 saturated carbocycles. The molecule has 1 aliphatic heterocycles. The molecule has 1 saturated heterocycles. The fourth-order valence-electron chi connectivity index (χ4n) is 2.46. The number of nitrogens with one attached hydrogen (secondary N) is 1. The van der Waals surface area contributed by atoms with E-state index in [1.807, 2.05) is 11.8 Å². The summed E-state index contributed by atoms with van der Waals surface area (Å²) in [5.74, 6) is 1.11. The maximum Gasteiger partial charge on any atom is 0.244 e. The molecule has 6 nitrogen and oxygen atoms in total. The molecule has 0 spiro atoms. The number of aromatic nitrogens is 2. The highest BCUT2D eigenvalue weighted by Crippen LogP contribution is 2.26. The SMILES string of the molecule is Cc1nn(CCO)c(C)c1S(=O)(=O)NCC1CCCS1. The average Bonchev–Trinajstić information content (AvgIpc) is 2.97. The number of aryl methyl sites for hydroxylation is 1. The van der Waals surface area contributed by atoms with Gasteiger partial charge in [0.1, 0.15) is 4.90 Å². The molecule has 1 fully saturated rings. The van der Waals surface area contributed by atoms with E-state index in [0.29, 0.717) is 29.7 Å². The first-order valence-electron chi connectivity index (χ1n) is 6.72. The van der Waals surface area contributed by atoms with Gasteiger partial charge in [-0.05, 0) is 32.4 Å². The minimum atomic E-state index is -3.53. The van der Waals surface area contributed by atoms with Crippen LogP contribution in [0.15, 0.2) is 4.90 Å². The summed E-state index contributed by atoms with van der Waals surface area (Å²) in [6, 6.07) is 0. The lowest BCUT2D eigenvalue weighted by Gasteiger charge is -2.11. The smallest absolute Gasteiger partial charge is 0.244 e. The van der Waals surface area contributed by atoms with Crippen molar-refractivity contribution < 1.29 is 13.5 Å². The molecule has 0 radical (unpaired) electrons. The number of sulfonamides is 1. The van der Waals surface area contributed by atoms with Crippen molar-refractivity contribution in [3.8, 4) is 0 Å². The molecule has 0 aromatic carbocycles. The molecule has 114 valence electrons. The van der Waals surface area contributed by atoms with E-state index in [9.17, 15) is 8.42 Å². The maximum absolute atomic E-state index is 12.4. The van der Waals surface area contributed by atoms with E-state index in [4.69, 9.17) is 5.11 Å². The van der Waals surface area contributed by atoms with Gasteiger partial charge in [0.05, 0.1) is 24.5 Å². The lowest BCUT2D eigenvalue weighted by molar-refractivity contribution is 0.267. The Labute approximate surface area is 124 Å². The second-order valence-corrected chi connectivity index (χ2v) is 8.05. The fraction of sp³-hybridized carbons (Fsp3) is 0.750. The van der Waals surface area contributed by atoms with Crippen LogP contribution in [0.4, 0.5) is 0 Å². The zero-order valence-electron chi connectivity index (χ0n) is 11.8. The Morgan fingerprint density at radius 1 is 1.50 bits per heavy atom. The van der Waals surface area contributed by atoms with Gasteiger partial charge in [0.15, 0.2) is 0 Å². The van der Waals surface area contributed by atoms with Crippen LogP contribution in [0.5, 0.6) is 0 Å². The fourth-order valence-corrected chi connectivity index (χ4v) is 5.26. The molecule has 0 amide bonds. The number of nitrogens with zero attached hydrogens (tertiary/aromatic N) is 2. The molecule has 2 rings (SSSR count). The number of aliphatic hydroxyl groups is 1. The standard InChI is InChI=1S/C12H21N3O3S2/c1-9-12(10(2)15(14-9)5-6-16)20(17,18)13-8-11-4-3-7-19-11/h11,13,16H,3-8H2,1-2H3. The van der Waals surface area contributed by atoms with E-state index >= 15 is 0 Å². The Hall–Kier alpha value is -0.570. The Morgan fingerprint density at radius 3 is 2.85 bits per heavy atom. The molecule has 1 aromatic heterocycles. The van der Waals surface area contributed by atoms with Crippen LogP contribution in [0.2, 0.25) is 0 Å². The van der Waals surface area contributed by atoms with E-state index in [1.54, 1.807) is 13.8 Å². The first-order chi connectivity index (χ1) is 9.45. The Balaban J connectivity index is 2.15. The van der Waals surface area contributed by atoms with E-state index < -0.39 is 10.0 Å². The highest BCUT2D eigenvalue weighted by molar-refractivity contribution is 8.00. The van der Waals surface area contributed by atoms with Crippen LogP contribution in [-0.4, -0.2) is 47.5 Å². The number of hydrogen-bond donors (Lipinski definition) is 2. The van der Waals surface area contributed by atoms with E-state index in [0.717, 1.165) is 18.6 Å². The number of thioether (sulfide) groups is 1. The third-order valence-corrected chi connectivity index (χ3v) is 6.49. The molecule has 1 aromatic rings. The summed E-state index contributed by atoms with van der Waals surface area (Å²) in [7, 11) is -3.53. The predicted octanol–water partition coefficient (Wildman–Crippen LogP) is 0.666. The van der Waals surface area contributed by atoms with Gasteiger partial charge in [-0.1, -0.05) is 0 Å². The van der Waals surface area contributed by atoms with Gasteiger partial charge in [-0.15, -0.1) is 0 Å². The number of hydrogen-bond acceptors (Lipinski definition) is 5. The third kappa shape index (κ3) is 3.36. The molecule has 0 bridgehead atoms. The van der Waals surface area contributed by atoms with Gasteiger partial charge in [-0.25, -0.2) is 13.1 Å². The zero-order chi connectivity index (χ0) is 14.8. The predicted molar refractivity (Wildman–Crippen MR) is 79.5 cm³/mol. The topological polar surface area (TPSA) is 84.2 Å². The van der Waals surface area contributed by atoms with Crippen molar-refractivity contribution >= 4 is 21.8 Å². The van der Waals surface area contributed by atoms with Crippen LogP contribution in [0.3, 0.4) is 0 Å². The minimum Gasteiger partial charge on any atom is -0.394 e. The van der Waals surface area contributed by atoms with Crippen LogP contribution in [0.25, 0.3) is 0 Å². The highest BCUT2D eigenvalue weighted by atomic mass is 32.2. The van der Waals surface area contributed by atoms with Crippen molar-refractivity contribution in [2.45, 2.75) is 43.4 Å². The maximum atomic E-state index is 12.4. The summed E-state index contributed by atoms with van der Waals surface area (Å²) in [6.07, 6.45) is 2.22. The molecule has 1 aliphatic rings. The van der Waals surface area contributed by atoms with Crippen molar-refractivity contribution in [3.63, 3.8) is 0 Å². The minimum absolute atomic E-state index is 0.0619. The van der Waals surface area contributed by atoms with Crippen molar-refractivity contribution in [1.82, 2.24) is 14.5 Å². The average molecular weight is 319 g/mol. The second-order valence-electron chi connectivity index (χ2n) is 4.93. The molecule has 2 N–H and O–H groups in total. The summed E-state index contributed by atoms with van der Waals surface area (Å²) < 4.78 is 29.0. The second kappa shape index (κ2) is 6.46. The number of rotatable bonds is 6. The summed E-state index contributed by atoms with van der Waals surface area (Å²) in [5.41, 5.74) is 1.05. The van der Waals surface area contributed by atoms with Crippen LogP contribution in [0.1, 0.15) is 24.2 Å². The molecule has 1 atom stereocenters. The van der Waals surface area contributed by atoms with Crippen LogP contribution in [0, 0.1) is 13.8 Å². The van der Waals surface area contributed by atoms with Crippen molar-refractivity contribution in [2.75, 3.05) is 18.9 Å². The van der Waals surface area contributed by atoms with Gasteiger partial charge in [0, 0.05) is 11.8 Å². The Kier molecular flexibility index (Phi) is 5.11. The lowest BCUT2D eigenvalue weighted by atomic mass is 10.2. The largest absolute Gasteiger partial charge is 0.394 e. The van der Waals surface area contributed by atoms with E-state index in [2.05, 4.69) is 9.82 Å². The Bertz CT molecular complexity index is 563. The van der Waals surface area contributed by atoms with Gasteiger partial charge < -0.3 is 5.11 Å². The molecule has 8 heteroatoms. The van der Waals surface area contributed by atoms with Crippen LogP contribution >= 0.6 is 11.8 Å². The zero-order valence-corrected chi connectivity index (χ0v) is 13.4. The van der Waals surface area contributed by atoms with Gasteiger partial charge >= 0.3 is 0 Å². The van der Waals surface area contributed by atoms with Crippen molar-refractivity contribution in [3.05, 3.63) is 11.4 Å². The molecule has 20 heavy (non-hydrogen) atoms. The summed E-state index contributed by atoms with van der Waals surface area (Å²) in [6.45, 7) is 4.11. The lowest BCUT2D eigenvalue weighted by Crippen LogP contribution is -2.30. The van der Waals surface area contributed by atoms with Crippen LogP contribution in [-0.2, 0) is 16.6 Å². The molecule has 0 aliphatic carbocycles. The van der Waals surface area contributed by atoms with Gasteiger partial charge in [-0.2, -0.15) is 16.9 Å². The van der Waals surface area contributed by atoms with Crippen LogP contribution < -0.4 is 4.72 Å². The molecule has 1 unspecified atom stereocenters. The third-order valence-electron chi connectivity index (χ3n) is 3.42. The van der Waals surface area contributed by atoms with Crippen molar-refractivity contribution in [2.24, 2.45) is 0 Å². The van der Waals surface area contributed by atoms with E-state index in [1.165, 1.54) is 4.68 Å². The first-order valence-corrected chi connectivity index (χ1v) is 9.25. The summed E-state index contributed by atoms with van der Waals surface area (Å²) in [4.78, 5) is 0.244. The van der Waals surface area contributed by atoms with Crippen molar-refractivity contribution in [1.29, 1.82) is 0 Å². The summed E-state index contributed by atoms with van der Waals surface area (Å²) >= 11 is 1.82. The van der Waals surface area contributed by atoms with Gasteiger partial charge in [0.25, 0.3) is 0 Å². The van der Waals surface area contributed by atoms with Gasteiger partial charge in [-0.3, -0.25) is 4.68 Å².